The van der Waals surface area contributed by atoms with Crippen LogP contribution in [0.5, 0.6) is 0 Å². The summed E-state index contributed by atoms with van der Waals surface area (Å²) in [4.78, 5) is 80.9. The highest BCUT2D eigenvalue weighted by Gasteiger charge is 2.32. The second kappa shape index (κ2) is 58.1. The Bertz CT molecular complexity index is 1340. The van der Waals surface area contributed by atoms with Crippen LogP contribution in [0.2, 0.25) is 0 Å². The van der Waals surface area contributed by atoms with Crippen molar-refractivity contribution in [3.63, 3.8) is 0 Å². The smallest absolute Gasteiger partial charge is 0.305 e. The third-order valence-corrected chi connectivity index (χ3v) is 16.2. The van der Waals surface area contributed by atoms with Gasteiger partial charge >= 0.3 is 23.9 Å². The second-order valence-corrected chi connectivity index (χ2v) is 24.0. The lowest BCUT2D eigenvalue weighted by Gasteiger charge is -2.30. The molecule has 1 saturated heterocycles. The Hall–Kier alpha value is -3.26. The zero-order valence-corrected chi connectivity index (χ0v) is 53.7. The Kier molecular flexibility index (Phi) is 54.4. The van der Waals surface area contributed by atoms with E-state index in [2.05, 4.69) is 48.1 Å². The first kappa shape index (κ1) is 76.8. The minimum atomic E-state index is -0.543. The van der Waals surface area contributed by atoms with Gasteiger partial charge in [0.25, 0.3) is 0 Å². The van der Waals surface area contributed by atoms with E-state index in [4.69, 9.17) is 18.9 Å². The van der Waals surface area contributed by atoms with Crippen LogP contribution in [0.15, 0.2) is 0 Å². The molecule has 2 N–H and O–H groups in total. The minimum absolute atomic E-state index is 0.0960. The fourth-order valence-corrected chi connectivity index (χ4v) is 10.8. The van der Waals surface area contributed by atoms with E-state index in [0.717, 1.165) is 168 Å². The van der Waals surface area contributed by atoms with Crippen molar-refractivity contribution in [2.45, 2.75) is 335 Å². The lowest BCUT2D eigenvalue weighted by atomic mass is 10.0. The summed E-state index contributed by atoms with van der Waals surface area (Å²) in [6.45, 7) is 15.9. The van der Waals surface area contributed by atoms with E-state index in [9.17, 15) is 28.8 Å². The molecule has 2 amide bonds. The van der Waals surface area contributed by atoms with Crippen molar-refractivity contribution >= 4 is 35.7 Å². The molecule has 0 aromatic rings. The number of unbranched alkanes of at least 4 members (excludes halogenated alkanes) is 30. The number of rotatable bonds is 62. The summed E-state index contributed by atoms with van der Waals surface area (Å²) in [5.41, 5.74) is 0. The highest BCUT2D eigenvalue weighted by Crippen LogP contribution is 2.16. The number of carbonyl (C=O) groups excluding carboxylic acids is 6. The summed E-state index contributed by atoms with van der Waals surface area (Å²) in [7, 11) is 0. The average molecular weight is 1160 g/mol. The maximum atomic E-state index is 13.3. The molecule has 1 fully saturated rings. The number of amides is 2. The highest BCUT2D eigenvalue weighted by atomic mass is 16.5. The van der Waals surface area contributed by atoms with Crippen LogP contribution < -0.4 is 10.6 Å². The number of hydrogen-bond acceptors (Lipinski definition) is 12. The number of hydrogen-bond donors (Lipinski definition) is 2. The highest BCUT2D eigenvalue weighted by molar-refractivity contribution is 5.96. The molecule has 0 aromatic heterocycles. The van der Waals surface area contributed by atoms with E-state index in [1.165, 1.54) is 128 Å². The summed E-state index contributed by atoms with van der Waals surface area (Å²) >= 11 is 0. The molecular weight excluding hydrogens is 1030 g/mol. The summed E-state index contributed by atoms with van der Waals surface area (Å²) in [6.07, 6.45) is 46.2. The van der Waals surface area contributed by atoms with Crippen LogP contribution in [0.1, 0.15) is 323 Å². The fourth-order valence-electron chi connectivity index (χ4n) is 10.8. The van der Waals surface area contributed by atoms with Gasteiger partial charge in [0, 0.05) is 25.7 Å². The Labute approximate surface area is 502 Å². The van der Waals surface area contributed by atoms with Crippen LogP contribution in [0.25, 0.3) is 0 Å². The number of ether oxygens (including phenoxy) is 4. The first-order valence-corrected chi connectivity index (χ1v) is 34.8. The van der Waals surface area contributed by atoms with Gasteiger partial charge in [-0.15, -0.1) is 0 Å². The van der Waals surface area contributed by atoms with Crippen LogP contribution in [0.4, 0.5) is 0 Å². The molecule has 2 atom stereocenters. The van der Waals surface area contributed by atoms with Gasteiger partial charge in [0.05, 0.1) is 26.4 Å². The molecule has 82 heavy (non-hydrogen) atoms. The van der Waals surface area contributed by atoms with E-state index in [1.54, 1.807) is 0 Å². The molecule has 14 heteroatoms. The van der Waals surface area contributed by atoms with Gasteiger partial charge < -0.3 is 39.4 Å². The van der Waals surface area contributed by atoms with Crippen molar-refractivity contribution in [1.82, 2.24) is 20.4 Å². The Balaban J connectivity index is 2.57. The van der Waals surface area contributed by atoms with Gasteiger partial charge in [0.15, 0.2) is 0 Å². The molecule has 0 saturated carbocycles. The van der Waals surface area contributed by atoms with Crippen LogP contribution in [-0.4, -0.2) is 123 Å². The quantitative estimate of drug-likeness (QED) is 0.0336. The lowest BCUT2D eigenvalue weighted by molar-refractivity contribution is -0.144. The third kappa shape index (κ3) is 49.0. The molecule has 1 heterocycles. The molecule has 0 spiro atoms. The first-order chi connectivity index (χ1) is 40.1. The van der Waals surface area contributed by atoms with E-state index in [-0.39, 0.29) is 35.7 Å². The van der Waals surface area contributed by atoms with Crippen LogP contribution in [0.3, 0.4) is 0 Å². The molecule has 0 aromatic carbocycles. The number of esters is 4. The van der Waals surface area contributed by atoms with Gasteiger partial charge in [0.1, 0.15) is 12.1 Å². The predicted octanol–water partition coefficient (Wildman–Crippen LogP) is 15.8. The van der Waals surface area contributed by atoms with Gasteiger partial charge in [-0.2, -0.15) is 0 Å². The Morgan fingerprint density at radius 2 is 0.500 bits per heavy atom. The minimum Gasteiger partial charge on any atom is -0.466 e. The molecule has 1 aliphatic heterocycles. The van der Waals surface area contributed by atoms with Crippen LogP contribution >= 0.6 is 0 Å². The predicted molar refractivity (Wildman–Crippen MR) is 336 cm³/mol. The summed E-state index contributed by atoms with van der Waals surface area (Å²) in [5.74, 6) is -0.611. The van der Waals surface area contributed by atoms with Crippen LogP contribution in [-0.2, 0) is 47.7 Å². The third-order valence-electron chi connectivity index (χ3n) is 16.2. The van der Waals surface area contributed by atoms with Gasteiger partial charge in [-0.3, -0.25) is 28.8 Å². The molecule has 1 aliphatic rings. The normalized spacial score (nSPS) is 14.3. The lowest BCUT2D eigenvalue weighted by Crippen LogP contribution is -2.61. The van der Waals surface area contributed by atoms with Crippen molar-refractivity contribution < 1.29 is 47.7 Å². The SMILES string of the molecule is CCCCCCCCCC(=O)OCCCCN(CCCCOC(=O)CCCCCCCCC)CCCCC1NC(=O)C(CCCCN(CCCCOC(=O)CCCCCCCCC)CCCCOC(=O)CCCCCCCCC)NC1=O. The molecule has 2 unspecified atom stereocenters. The van der Waals surface area contributed by atoms with Gasteiger partial charge in [-0.25, -0.2) is 0 Å². The van der Waals surface area contributed by atoms with E-state index in [0.29, 0.717) is 65.0 Å². The number of nitrogens with zero attached hydrogens (tertiary/aromatic N) is 2. The maximum absolute atomic E-state index is 13.3. The van der Waals surface area contributed by atoms with Crippen molar-refractivity contribution in [3.05, 3.63) is 0 Å². The fraction of sp³-hybridized carbons (Fsp3) is 0.912. The number of nitrogens with one attached hydrogen (secondary N) is 2. The monoisotopic (exact) mass is 1160 g/mol. The van der Waals surface area contributed by atoms with E-state index < -0.39 is 12.1 Å². The standard InChI is InChI=1S/C68H128N4O10/c1-5-9-13-17-21-25-29-47-63(73)79-57-41-37-53-71(54-38-42-58-80-64(74)48-30-26-22-18-14-10-6-2)51-35-33-45-61-67(77)70-62(68(78)69-61)46-34-36-52-72(55-39-43-59-81-65(75)49-31-27-23-19-15-11-7-3)56-40-44-60-82-66(76)50-32-28-24-20-16-12-8-4/h61-62H,5-60H2,1-4H3,(H,69,78)(H,70,77). The van der Waals surface area contributed by atoms with Crippen molar-refractivity contribution in [1.29, 1.82) is 0 Å². The summed E-state index contributed by atoms with van der Waals surface area (Å²) in [5, 5.41) is 6.07. The molecule has 0 aliphatic carbocycles. The maximum Gasteiger partial charge on any atom is 0.305 e. The summed E-state index contributed by atoms with van der Waals surface area (Å²) < 4.78 is 22.3. The average Bonchev–Trinajstić information content (AvgIpc) is 3.52. The molecule has 1 rings (SSSR count). The van der Waals surface area contributed by atoms with E-state index in [1.807, 2.05) is 0 Å². The van der Waals surface area contributed by atoms with Crippen molar-refractivity contribution in [2.24, 2.45) is 0 Å². The molecular formula is C68H128N4O10. The van der Waals surface area contributed by atoms with Crippen molar-refractivity contribution in [3.8, 4) is 0 Å². The number of carbonyl (C=O) groups is 6. The molecule has 14 nitrogen and oxygen atoms in total. The summed E-state index contributed by atoms with van der Waals surface area (Å²) in [6, 6.07) is -1.09. The molecule has 0 radical (unpaired) electrons. The first-order valence-electron chi connectivity index (χ1n) is 34.8. The Morgan fingerprint density at radius 1 is 0.293 bits per heavy atom. The topological polar surface area (TPSA) is 170 Å². The molecule has 480 valence electrons. The van der Waals surface area contributed by atoms with Gasteiger partial charge in [-0.1, -0.05) is 182 Å². The van der Waals surface area contributed by atoms with Gasteiger partial charge in [-0.05, 0) is 155 Å². The van der Waals surface area contributed by atoms with Crippen LogP contribution in [0, 0.1) is 0 Å². The number of piperazine rings is 1. The second-order valence-electron chi connectivity index (χ2n) is 24.0. The van der Waals surface area contributed by atoms with Gasteiger partial charge in [0.2, 0.25) is 11.8 Å². The van der Waals surface area contributed by atoms with E-state index >= 15 is 0 Å². The van der Waals surface area contributed by atoms with Crippen molar-refractivity contribution in [2.75, 3.05) is 65.7 Å². The Morgan fingerprint density at radius 3 is 0.732 bits per heavy atom. The zero-order chi connectivity index (χ0) is 59.6. The largest absolute Gasteiger partial charge is 0.466 e. The molecule has 0 bridgehead atoms. The zero-order valence-electron chi connectivity index (χ0n) is 53.7.